The van der Waals surface area contributed by atoms with Gasteiger partial charge in [0.05, 0.1) is 6.61 Å². The minimum absolute atomic E-state index is 0.407. The van der Waals surface area contributed by atoms with Crippen LogP contribution in [0.2, 0.25) is 0 Å². The molecule has 3 saturated heterocycles. The molecule has 0 aromatic rings. The van der Waals surface area contributed by atoms with Crippen molar-refractivity contribution in [2.45, 2.75) is 26.2 Å². The summed E-state index contributed by atoms with van der Waals surface area (Å²) in [5, 5.41) is 3.61. The number of aliphatic imine (C=N–C) groups is 1. The number of ether oxygens (including phenoxy) is 1. The SMILES string of the molecule is CCN1CCC(CNC(=NC)N2CCC3(CCOC3)C2)C1. The first-order valence-corrected chi connectivity index (χ1v) is 8.50. The highest BCUT2D eigenvalue weighted by atomic mass is 16.5. The Bertz CT molecular complexity index is 378. The lowest BCUT2D eigenvalue weighted by Gasteiger charge is -2.25. The van der Waals surface area contributed by atoms with E-state index in [1.54, 1.807) is 0 Å². The van der Waals surface area contributed by atoms with Crippen molar-refractivity contribution >= 4 is 5.96 Å². The summed E-state index contributed by atoms with van der Waals surface area (Å²) < 4.78 is 5.62. The third-order valence-electron chi connectivity index (χ3n) is 5.50. The third kappa shape index (κ3) is 3.34. The Kier molecular flexibility index (Phi) is 4.69. The second kappa shape index (κ2) is 6.53. The van der Waals surface area contributed by atoms with E-state index in [0.717, 1.165) is 44.7 Å². The van der Waals surface area contributed by atoms with Gasteiger partial charge in [0.1, 0.15) is 0 Å². The lowest BCUT2D eigenvalue weighted by molar-refractivity contribution is 0.156. The second-order valence-corrected chi connectivity index (χ2v) is 6.95. The van der Waals surface area contributed by atoms with Crippen LogP contribution in [0.3, 0.4) is 0 Å². The van der Waals surface area contributed by atoms with Crippen LogP contribution in [0.5, 0.6) is 0 Å². The zero-order valence-corrected chi connectivity index (χ0v) is 13.6. The first-order valence-electron chi connectivity index (χ1n) is 8.50. The van der Waals surface area contributed by atoms with Crippen molar-refractivity contribution in [1.82, 2.24) is 15.1 Å². The number of hydrogen-bond donors (Lipinski definition) is 1. The Morgan fingerprint density at radius 1 is 1.38 bits per heavy atom. The van der Waals surface area contributed by atoms with Crippen molar-refractivity contribution < 1.29 is 4.74 Å². The van der Waals surface area contributed by atoms with E-state index in [4.69, 9.17) is 4.74 Å². The van der Waals surface area contributed by atoms with Crippen LogP contribution in [0.25, 0.3) is 0 Å². The molecule has 5 nitrogen and oxygen atoms in total. The molecule has 120 valence electrons. The molecule has 1 spiro atoms. The van der Waals surface area contributed by atoms with Crippen LogP contribution in [0, 0.1) is 11.3 Å². The van der Waals surface area contributed by atoms with Crippen LogP contribution in [-0.4, -0.2) is 75.3 Å². The molecule has 0 amide bonds. The predicted octanol–water partition coefficient (Wildman–Crippen LogP) is 1.02. The Hall–Kier alpha value is -0.810. The van der Waals surface area contributed by atoms with E-state index >= 15 is 0 Å². The van der Waals surface area contributed by atoms with Crippen molar-refractivity contribution in [3.05, 3.63) is 0 Å². The minimum atomic E-state index is 0.407. The average Bonchev–Trinajstić information content (AvgIpc) is 3.23. The standard InChI is InChI=1S/C16H30N4O/c1-3-19-7-4-14(11-19)10-18-15(17-2)20-8-5-16(12-20)6-9-21-13-16/h14H,3-13H2,1-2H3,(H,17,18). The zero-order valence-electron chi connectivity index (χ0n) is 13.6. The van der Waals surface area contributed by atoms with Crippen LogP contribution >= 0.6 is 0 Å². The molecule has 0 aliphatic carbocycles. The lowest BCUT2D eigenvalue weighted by Crippen LogP contribution is -2.43. The summed E-state index contributed by atoms with van der Waals surface area (Å²) in [5.74, 6) is 1.86. The summed E-state index contributed by atoms with van der Waals surface area (Å²) in [7, 11) is 1.91. The highest BCUT2D eigenvalue weighted by Crippen LogP contribution is 2.38. The Balaban J connectivity index is 1.48. The molecule has 2 unspecified atom stereocenters. The molecule has 3 heterocycles. The number of nitrogens with one attached hydrogen (secondary N) is 1. The molecule has 21 heavy (non-hydrogen) atoms. The number of likely N-dealkylation sites (tertiary alicyclic amines) is 2. The summed E-state index contributed by atoms with van der Waals surface area (Å²) in [6.45, 7) is 11.1. The van der Waals surface area contributed by atoms with Gasteiger partial charge in [0.2, 0.25) is 0 Å². The Labute approximate surface area is 128 Å². The minimum Gasteiger partial charge on any atom is -0.381 e. The van der Waals surface area contributed by atoms with Crippen molar-refractivity contribution in [2.24, 2.45) is 16.3 Å². The van der Waals surface area contributed by atoms with E-state index in [1.807, 2.05) is 7.05 Å². The summed E-state index contributed by atoms with van der Waals surface area (Å²) >= 11 is 0. The molecule has 0 bridgehead atoms. The molecule has 3 aliphatic heterocycles. The van der Waals surface area contributed by atoms with Gasteiger partial charge in [0.15, 0.2) is 5.96 Å². The first kappa shape index (κ1) is 15.1. The van der Waals surface area contributed by atoms with E-state index in [9.17, 15) is 0 Å². The quantitative estimate of drug-likeness (QED) is 0.623. The maximum Gasteiger partial charge on any atom is 0.193 e. The molecule has 3 fully saturated rings. The summed E-state index contributed by atoms with van der Waals surface area (Å²) in [6, 6.07) is 0. The number of nitrogens with zero attached hydrogens (tertiary/aromatic N) is 3. The molecular formula is C16H30N4O. The number of guanidine groups is 1. The van der Waals surface area contributed by atoms with Crippen molar-refractivity contribution in [2.75, 3.05) is 59.5 Å². The zero-order chi connectivity index (χ0) is 14.7. The molecule has 5 heteroatoms. The lowest BCUT2D eigenvalue weighted by atomic mass is 9.87. The molecule has 0 aromatic heterocycles. The van der Waals surface area contributed by atoms with Crippen molar-refractivity contribution in [3.8, 4) is 0 Å². The van der Waals surface area contributed by atoms with Gasteiger partial charge < -0.3 is 19.9 Å². The smallest absolute Gasteiger partial charge is 0.193 e. The van der Waals surface area contributed by atoms with Gasteiger partial charge in [-0.25, -0.2) is 0 Å². The average molecular weight is 294 g/mol. The van der Waals surface area contributed by atoms with Gasteiger partial charge in [0, 0.05) is 45.2 Å². The van der Waals surface area contributed by atoms with Crippen LogP contribution in [-0.2, 0) is 4.74 Å². The van der Waals surface area contributed by atoms with Crippen LogP contribution in [0.4, 0.5) is 0 Å². The first-order chi connectivity index (χ1) is 10.2. The van der Waals surface area contributed by atoms with Crippen molar-refractivity contribution in [3.63, 3.8) is 0 Å². The molecule has 2 atom stereocenters. The monoisotopic (exact) mass is 294 g/mol. The van der Waals surface area contributed by atoms with Gasteiger partial charge in [-0.3, -0.25) is 4.99 Å². The fourth-order valence-electron chi connectivity index (χ4n) is 4.02. The van der Waals surface area contributed by atoms with E-state index in [2.05, 4.69) is 27.0 Å². The fourth-order valence-corrected chi connectivity index (χ4v) is 4.02. The maximum atomic E-state index is 5.62. The van der Waals surface area contributed by atoms with Gasteiger partial charge in [-0.05, 0) is 38.3 Å². The van der Waals surface area contributed by atoms with Crippen LogP contribution in [0.1, 0.15) is 26.2 Å². The molecule has 3 rings (SSSR count). The van der Waals surface area contributed by atoms with Gasteiger partial charge in [-0.15, -0.1) is 0 Å². The molecular weight excluding hydrogens is 264 g/mol. The van der Waals surface area contributed by atoms with Gasteiger partial charge >= 0.3 is 0 Å². The van der Waals surface area contributed by atoms with E-state index < -0.39 is 0 Å². The topological polar surface area (TPSA) is 40.1 Å². The molecule has 0 saturated carbocycles. The number of hydrogen-bond acceptors (Lipinski definition) is 3. The predicted molar refractivity (Wildman–Crippen MR) is 85.6 cm³/mol. The Morgan fingerprint density at radius 2 is 2.29 bits per heavy atom. The Morgan fingerprint density at radius 3 is 2.95 bits per heavy atom. The van der Waals surface area contributed by atoms with Gasteiger partial charge in [-0.2, -0.15) is 0 Å². The van der Waals surface area contributed by atoms with Crippen LogP contribution < -0.4 is 5.32 Å². The highest BCUT2D eigenvalue weighted by Gasteiger charge is 2.42. The maximum absolute atomic E-state index is 5.62. The van der Waals surface area contributed by atoms with E-state index in [-0.39, 0.29) is 0 Å². The second-order valence-electron chi connectivity index (χ2n) is 6.95. The van der Waals surface area contributed by atoms with E-state index in [1.165, 1.54) is 38.9 Å². The van der Waals surface area contributed by atoms with Crippen LogP contribution in [0.15, 0.2) is 4.99 Å². The van der Waals surface area contributed by atoms with Crippen molar-refractivity contribution in [1.29, 1.82) is 0 Å². The third-order valence-corrected chi connectivity index (χ3v) is 5.50. The summed E-state index contributed by atoms with van der Waals surface area (Å²) in [6.07, 6.45) is 3.78. The summed E-state index contributed by atoms with van der Waals surface area (Å²) in [4.78, 5) is 9.47. The normalized spacial score (nSPS) is 34.3. The largest absolute Gasteiger partial charge is 0.381 e. The molecule has 3 aliphatic rings. The molecule has 0 aromatic carbocycles. The number of rotatable bonds is 3. The van der Waals surface area contributed by atoms with Gasteiger partial charge in [0.25, 0.3) is 0 Å². The molecule has 1 N–H and O–H groups in total. The van der Waals surface area contributed by atoms with E-state index in [0.29, 0.717) is 5.41 Å². The van der Waals surface area contributed by atoms with Gasteiger partial charge in [-0.1, -0.05) is 6.92 Å². The fraction of sp³-hybridized carbons (Fsp3) is 0.938. The summed E-state index contributed by atoms with van der Waals surface area (Å²) in [5.41, 5.74) is 0.407. The highest BCUT2D eigenvalue weighted by molar-refractivity contribution is 5.80. The molecule has 0 radical (unpaired) electrons.